The summed E-state index contributed by atoms with van der Waals surface area (Å²) in [6.45, 7) is 8.71. The number of nitrogens with zero attached hydrogens (tertiary/aromatic N) is 3. The summed E-state index contributed by atoms with van der Waals surface area (Å²) in [5.74, 6) is 0.891. The Balaban J connectivity index is 0.00000280. The van der Waals surface area contributed by atoms with Crippen LogP contribution in [-0.2, 0) is 19.0 Å². The zero-order valence-corrected chi connectivity index (χ0v) is 19.9. The summed E-state index contributed by atoms with van der Waals surface area (Å²) in [5, 5.41) is 11.5. The van der Waals surface area contributed by atoms with E-state index in [9.17, 15) is 0 Å². The highest BCUT2D eigenvalue weighted by atomic mass is 127. The van der Waals surface area contributed by atoms with Crippen LogP contribution in [-0.4, -0.2) is 28.8 Å². The second-order valence-corrected chi connectivity index (χ2v) is 7.68. The Hall–Kier alpha value is -1.57. The standard InChI is InChI=1S/C22H33N5.HI/c1-5-23-21(24-15-20-17(2)26-27(4)18(20)3)25-16-22(13-9-10-14-22)19-11-7-6-8-12-19;/h6-8,11-12H,5,9-10,13-16H2,1-4H3,(H2,23,24,25);1H. The van der Waals surface area contributed by atoms with Gasteiger partial charge in [0.2, 0.25) is 0 Å². The molecule has 0 saturated heterocycles. The first-order valence-corrected chi connectivity index (χ1v) is 10.1. The van der Waals surface area contributed by atoms with Crippen LogP contribution in [0.3, 0.4) is 0 Å². The van der Waals surface area contributed by atoms with Gasteiger partial charge in [-0.1, -0.05) is 43.2 Å². The minimum atomic E-state index is 0. The molecule has 6 heteroatoms. The Kier molecular flexibility index (Phi) is 8.34. The number of hydrogen-bond donors (Lipinski definition) is 2. The summed E-state index contributed by atoms with van der Waals surface area (Å²) >= 11 is 0. The summed E-state index contributed by atoms with van der Waals surface area (Å²) in [7, 11) is 1.99. The van der Waals surface area contributed by atoms with Crippen molar-refractivity contribution < 1.29 is 0 Å². The lowest BCUT2D eigenvalue weighted by molar-refractivity contribution is 0.431. The van der Waals surface area contributed by atoms with Gasteiger partial charge in [0.25, 0.3) is 0 Å². The van der Waals surface area contributed by atoms with Crippen LogP contribution >= 0.6 is 24.0 Å². The van der Waals surface area contributed by atoms with Crippen molar-refractivity contribution in [1.82, 2.24) is 20.4 Å². The summed E-state index contributed by atoms with van der Waals surface area (Å²) in [5.41, 5.74) is 5.13. The maximum absolute atomic E-state index is 4.85. The van der Waals surface area contributed by atoms with Crippen molar-refractivity contribution in [3.63, 3.8) is 0 Å². The number of aromatic nitrogens is 2. The first-order valence-electron chi connectivity index (χ1n) is 10.1. The van der Waals surface area contributed by atoms with E-state index < -0.39 is 0 Å². The van der Waals surface area contributed by atoms with E-state index in [4.69, 9.17) is 4.99 Å². The van der Waals surface area contributed by atoms with Crippen LogP contribution in [0.2, 0.25) is 0 Å². The molecule has 0 amide bonds. The number of halogens is 1. The van der Waals surface area contributed by atoms with Crippen LogP contribution in [0.15, 0.2) is 35.3 Å². The van der Waals surface area contributed by atoms with Crippen molar-refractivity contribution >= 4 is 29.9 Å². The molecule has 1 aromatic carbocycles. The molecule has 0 radical (unpaired) electrons. The molecule has 0 bridgehead atoms. The van der Waals surface area contributed by atoms with Crippen molar-refractivity contribution in [1.29, 1.82) is 0 Å². The number of aryl methyl sites for hydroxylation is 2. The minimum Gasteiger partial charge on any atom is -0.357 e. The first kappa shape index (κ1) is 22.7. The second kappa shape index (κ2) is 10.3. The van der Waals surface area contributed by atoms with Crippen LogP contribution in [0.1, 0.15) is 55.1 Å². The van der Waals surface area contributed by atoms with Gasteiger partial charge in [-0.3, -0.25) is 4.68 Å². The van der Waals surface area contributed by atoms with E-state index in [2.05, 4.69) is 66.8 Å². The molecule has 1 aliphatic carbocycles. The fourth-order valence-corrected chi connectivity index (χ4v) is 4.21. The molecule has 2 aromatic rings. The smallest absolute Gasteiger partial charge is 0.191 e. The topological polar surface area (TPSA) is 54.2 Å². The van der Waals surface area contributed by atoms with Gasteiger partial charge < -0.3 is 10.6 Å². The summed E-state index contributed by atoms with van der Waals surface area (Å²) in [4.78, 5) is 4.85. The van der Waals surface area contributed by atoms with Gasteiger partial charge >= 0.3 is 0 Å². The Morgan fingerprint density at radius 1 is 1.14 bits per heavy atom. The molecule has 0 unspecified atom stereocenters. The summed E-state index contributed by atoms with van der Waals surface area (Å²) in [6.07, 6.45) is 5.09. The van der Waals surface area contributed by atoms with Gasteiger partial charge in [0, 0.05) is 36.8 Å². The maximum Gasteiger partial charge on any atom is 0.191 e. The molecule has 1 heterocycles. The fourth-order valence-electron chi connectivity index (χ4n) is 4.21. The molecule has 1 saturated carbocycles. The third-order valence-electron chi connectivity index (χ3n) is 5.94. The van der Waals surface area contributed by atoms with Gasteiger partial charge in [-0.15, -0.1) is 24.0 Å². The van der Waals surface area contributed by atoms with E-state index >= 15 is 0 Å². The number of hydrogen-bond acceptors (Lipinski definition) is 2. The normalized spacial score (nSPS) is 15.9. The van der Waals surface area contributed by atoms with Gasteiger partial charge in [-0.25, -0.2) is 4.99 Å². The lowest BCUT2D eigenvalue weighted by atomic mass is 9.79. The third-order valence-corrected chi connectivity index (χ3v) is 5.94. The predicted octanol–water partition coefficient (Wildman–Crippen LogP) is 4.22. The average molecular weight is 495 g/mol. The molecule has 1 fully saturated rings. The van der Waals surface area contributed by atoms with Crippen molar-refractivity contribution in [2.24, 2.45) is 12.0 Å². The van der Waals surface area contributed by atoms with Gasteiger partial charge in [0.15, 0.2) is 5.96 Å². The van der Waals surface area contributed by atoms with Crippen molar-refractivity contribution in [2.75, 3.05) is 13.1 Å². The largest absolute Gasteiger partial charge is 0.357 e. The maximum atomic E-state index is 4.85. The molecular formula is C22H34IN5. The SMILES string of the molecule is CCNC(=NCc1c(C)nn(C)c1C)NCC1(c2ccccc2)CCCC1.I. The molecule has 0 aliphatic heterocycles. The Labute approximate surface area is 186 Å². The number of nitrogens with one attached hydrogen (secondary N) is 2. The fraction of sp³-hybridized carbons (Fsp3) is 0.545. The molecule has 0 atom stereocenters. The van der Waals surface area contributed by atoms with Crippen LogP contribution in [0, 0.1) is 13.8 Å². The van der Waals surface area contributed by atoms with Crippen LogP contribution in [0.4, 0.5) is 0 Å². The van der Waals surface area contributed by atoms with E-state index in [1.807, 2.05) is 11.7 Å². The zero-order valence-electron chi connectivity index (χ0n) is 17.6. The highest BCUT2D eigenvalue weighted by Crippen LogP contribution is 2.40. The third kappa shape index (κ3) is 5.07. The van der Waals surface area contributed by atoms with Crippen LogP contribution in [0.25, 0.3) is 0 Å². The molecule has 1 aliphatic rings. The predicted molar refractivity (Wildman–Crippen MR) is 128 cm³/mol. The summed E-state index contributed by atoms with van der Waals surface area (Å²) < 4.78 is 1.93. The molecule has 2 N–H and O–H groups in total. The van der Waals surface area contributed by atoms with Gasteiger partial charge in [-0.2, -0.15) is 5.10 Å². The molecule has 5 nitrogen and oxygen atoms in total. The van der Waals surface area contributed by atoms with Gasteiger partial charge in [0.05, 0.1) is 12.2 Å². The minimum absolute atomic E-state index is 0. The molecule has 154 valence electrons. The number of rotatable bonds is 6. The van der Waals surface area contributed by atoms with E-state index in [0.29, 0.717) is 6.54 Å². The van der Waals surface area contributed by atoms with Crippen molar-refractivity contribution in [2.45, 2.75) is 58.4 Å². The summed E-state index contributed by atoms with van der Waals surface area (Å²) in [6, 6.07) is 11.0. The molecule has 1 aromatic heterocycles. The van der Waals surface area contributed by atoms with E-state index in [1.54, 1.807) is 0 Å². The number of benzene rings is 1. The zero-order chi connectivity index (χ0) is 19.3. The monoisotopic (exact) mass is 495 g/mol. The highest BCUT2D eigenvalue weighted by molar-refractivity contribution is 14.0. The molecule has 3 rings (SSSR count). The molecule has 28 heavy (non-hydrogen) atoms. The Bertz CT molecular complexity index is 776. The van der Waals surface area contributed by atoms with Crippen LogP contribution < -0.4 is 10.6 Å². The van der Waals surface area contributed by atoms with E-state index in [-0.39, 0.29) is 29.4 Å². The second-order valence-electron chi connectivity index (χ2n) is 7.68. The van der Waals surface area contributed by atoms with Crippen molar-refractivity contribution in [3.05, 3.63) is 52.8 Å². The molecular weight excluding hydrogens is 461 g/mol. The average Bonchev–Trinajstić information content (AvgIpc) is 3.25. The lowest BCUT2D eigenvalue weighted by Crippen LogP contribution is -2.44. The first-order chi connectivity index (χ1) is 13.1. The molecule has 0 spiro atoms. The number of guanidine groups is 1. The van der Waals surface area contributed by atoms with Gasteiger partial charge in [0.1, 0.15) is 0 Å². The Morgan fingerprint density at radius 2 is 1.82 bits per heavy atom. The number of aliphatic imine (C=N–C) groups is 1. The van der Waals surface area contributed by atoms with E-state index in [1.165, 1.54) is 42.5 Å². The van der Waals surface area contributed by atoms with Crippen molar-refractivity contribution in [3.8, 4) is 0 Å². The lowest BCUT2D eigenvalue weighted by Gasteiger charge is -2.30. The van der Waals surface area contributed by atoms with Gasteiger partial charge in [-0.05, 0) is 39.2 Å². The quantitative estimate of drug-likeness (QED) is 0.359. The highest BCUT2D eigenvalue weighted by Gasteiger charge is 2.35. The van der Waals surface area contributed by atoms with E-state index in [0.717, 1.165) is 24.7 Å². The Morgan fingerprint density at radius 3 is 2.39 bits per heavy atom. The van der Waals surface area contributed by atoms with Crippen LogP contribution in [0.5, 0.6) is 0 Å².